The molecule has 0 bridgehead atoms. The first-order valence-corrected chi connectivity index (χ1v) is 6.98. The number of ether oxygens (including phenoxy) is 1. The van der Waals surface area contributed by atoms with Crippen LogP contribution in [0.4, 0.5) is 17.5 Å². The molecule has 1 heterocycles. The zero-order valence-electron chi connectivity index (χ0n) is 11.8. The molecule has 0 atom stereocenters. The molecule has 4 N–H and O–H groups in total. The van der Waals surface area contributed by atoms with Crippen molar-refractivity contribution < 1.29 is 4.74 Å². The van der Waals surface area contributed by atoms with Gasteiger partial charge in [0.25, 0.3) is 0 Å². The van der Waals surface area contributed by atoms with Gasteiger partial charge >= 0.3 is 0 Å². The molecule has 112 valence electrons. The summed E-state index contributed by atoms with van der Waals surface area (Å²) in [4.78, 5) is 8.61. The van der Waals surface area contributed by atoms with Gasteiger partial charge in [0.15, 0.2) is 11.6 Å². The van der Waals surface area contributed by atoms with Crippen molar-refractivity contribution in [3.05, 3.63) is 35.5 Å². The lowest BCUT2D eigenvalue weighted by Gasteiger charge is -2.11. The van der Waals surface area contributed by atoms with Crippen molar-refractivity contribution in [3.63, 3.8) is 0 Å². The van der Waals surface area contributed by atoms with Crippen LogP contribution in [0.15, 0.2) is 30.5 Å². The number of rotatable bonds is 7. The minimum Gasteiger partial charge on any atom is -0.491 e. The Bertz CT molecular complexity index is 576. The highest BCUT2D eigenvalue weighted by Gasteiger charge is 2.07. The molecule has 0 radical (unpaired) electrons. The maximum absolute atomic E-state index is 5.85. The van der Waals surface area contributed by atoms with E-state index in [2.05, 4.69) is 20.6 Å². The molecule has 0 aliphatic heterocycles. The summed E-state index contributed by atoms with van der Waals surface area (Å²) in [7, 11) is 1.58. The third-order valence-electron chi connectivity index (χ3n) is 2.75. The Morgan fingerprint density at radius 2 is 2.05 bits per heavy atom. The molecular formula is C14H18ClN5O. The maximum atomic E-state index is 5.85. The summed E-state index contributed by atoms with van der Waals surface area (Å²) >= 11 is 5.85. The molecule has 0 fully saturated rings. The topological polar surface area (TPSA) is 85.1 Å². The molecule has 21 heavy (non-hydrogen) atoms. The summed E-state index contributed by atoms with van der Waals surface area (Å²) < 4.78 is 5.23. The largest absolute Gasteiger partial charge is 0.491 e. The number of anilines is 3. The van der Waals surface area contributed by atoms with Gasteiger partial charge in [-0.1, -0.05) is 11.6 Å². The van der Waals surface area contributed by atoms with Crippen molar-refractivity contribution in [2.45, 2.75) is 6.42 Å². The summed E-state index contributed by atoms with van der Waals surface area (Å²) in [6, 6.07) is 7.32. The molecule has 0 unspecified atom stereocenters. The minimum absolute atomic E-state index is 0.480. The fourth-order valence-electron chi connectivity index (χ4n) is 1.68. The van der Waals surface area contributed by atoms with E-state index in [0.29, 0.717) is 29.1 Å². The quantitative estimate of drug-likeness (QED) is 0.682. The van der Waals surface area contributed by atoms with Crippen LogP contribution in [0, 0.1) is 0 Å². The van der Waals surface area contributed by atoms with E-state index in [4.69, 9.17) is 22.1 Å². The van der Waals surface area contributed by atoms with Gasteiger partial charge in [-0.25, -0.2) is 4.98 Å². The number of halogens is 1. The maximum Gasteiger partial charge on any atom is 0.229 e. The van der Waals surface area contributed by atoms with Crippen LogP contribution in [0.5, 0.6) is 5.75 Å². The van der Waals surface area contributed by atoms with E-state index in [1.165, 1.54) is 0 Å². The first-order chi connectivity index (χ1) is 10.2. The predicted octanol–water partition coefficient (Wildman–Crippen LogP) is 2.64. The molecular weight excluding hydrogens is 290 g/mol. The van der Waals surface area contributed by atoms with Crippen LogP contribution in [0.1, 0.15) is 6.42 Å². The first kappa shape index (κ1) is 15.3. The van der Waals surface area contributed by atoms with Crippen LogP contribution < -0.4 is 21.1 Å². The fourth-order valence-corrected chi connectivity index (χ4v) is 1.80. The summed E-state index contributed by atoms with van der Waals surface area (Å²) in [5.41, 5.74) is 6.34. The minimum atomic E-state index is 0.480. The van der Waals surface area contributed by atoms with E-state index in [1.54, 1.807) is 25.4 Å². The first-order valence-electron chi connectivity index (χ1n) is 6.60. The van der Waals surface area contributed by atoms with Gasteiger partial charge in [-0.15, -0.1) is 0 Å². The number of aromatic nitrogens is 2. The summed E-state index contributed by atoms with van der Waals surface area (Å²) in [5.74, 6) is 1.71. The summed E-state index contributed by atoms with van der Waals surface area (Å²) in [6.07, 6.45) is 2.48. The Kier molecular flexibility index (Phi) is 5.59. The van der Waals surface area contributed by atoms with Crippen LogP contribution >= 0.6 is 11.6 Å². The van der Waals surface area contributed by atoms with E-state index in [-0.39, 0.29) is 0 Å². The zero-order chi connectivity index (χ0) is 15.1. The summed E-state index contributed by atoms with van der Waals surface area (Å²) in [6.45, 7) is 1.35. The van der Waals surface area contributed by atoms with E-state index in [0.717, 1.165) is 18.7 Å². The molecule has 2 aromatic rings. The molecule has 1 aromatic carbocycles. The smallest absolute Gasteiger partial charge is 0.229 e. The molecule has 0 aliphatic rings. The van der Waals surface area contributed by atoms with Gasteiger partial charge in [-0.3, -0.25) is 0 Å². The van der Waals surface area contributed by atoms with Crippen molar-refractivity contribution in [2.75, 3.05) is 30.8 Å². The Morgan fingerprint density at radius 3 is 2.71 bits per heavy atom. The van der Waals surface area contributed by atoms with Crippen LogP contribution in [-0.4, -0.2) is 30.2 Å². The predicted molar refractivity (Wildman–Crippen MR) is 85.5 cm³/mol. The highest BCUT2D eigenvalue weighted by molar-refractivity contribution is 6.30. The molecule has 2 rings (SSSR count). The van der Waals surface area contributed by atoms with Crippen molar-refractivity contribution >= 4 is 29.1 Å². The standard InChI is InChI=1S/C14H18ClN5O/c1-21-12-9-18-14(20-13(12)17-8-2-7-16)19-11-5-3-10(15)4-6-11/h3-6,9H,2,7-8,16H2,1H3,(H2,17,18,19,20). The van der Waals surface area contributed by atoms with E-state index in [9.17, 15) is 0 Å². The van der Waals surface area contributed by atoms with Gasteiger partial charge in [0.05, 0.1) is 13.3 Å². The lowest BCUT2D eigenvalue weighted by atomic mass is 10.3. The SMILES string of the molecule is COc1cnc(Nc2ccc(Cl)cc2)nc1NCCCN. The fraction of sp³-hybridized carbons (Fsp3) is 0.286. The van der Waals surface area contributed by atoms with Crippen molar-refractivity contribution in [3.8, 4) is 5.75 Å². The van der Waals surface area contributed by atoms with Gasteiger partial charge in [0, 0.05) is 17.3 Å². The van der Waals surface area contributed by atoms with Crippen molar-refractivity contribution in [1.29, 1.82) is 0 Å². The zero-order valence-corrected chi connectivity index (χ0v) is 12.5. The highest BCUT2D eigenvalue weighted by atomic mass is 35.5. The lowest BCUT2D eigenvalue weighted by molar-refractivity contribution is 0.413. The highest BCUT2D eigenvalue weighted by Crippen LogP contribution is 2.23. The van der Waals surface area contributed by atoms with Crippen LogP contribution in [0.2, 0.25) is 5.02 Å². The lowest BCUT2D eigenvalue weighted by Crippen LogP contribution is -2.11. The Balaban J connectivity index is 2.12. The van der Waals surface area contributed by atoms with Gasteiger partial charge < -0.3 is 21.1 Å². The third-order valence-corrected chi connectivity index (χ3v) is 3.00. The van der Waals surface area contributed by atoms with Crippen LogP contribution in [0.3, 0.4) is 0 Å². The second-order valence-electron chi connectivity index (χ2n) is 4.31. The van der Waals surface area contributed by atoms with Gasteiger partial charge in [0.1, 0.15) is 0 Å². The number of hydrogen-bond donors (Lipinski definition) is 3. The number of hydrogen-bond acceptors (Lipinski definition) is 6. The Hall–Kier alpha value is -2.05. The molecule has 1 aromatic heterocycles. The van der Waals surface area contributed by atoms with E-state index in [1.807, 2.05) is 12.1 Å². The van der Waals surface area contributed by atoms with Gasteiger partial charge in [-0.2, -0.15) is 4.98 Å². The second-order valence-corrected chi connectivity index (χ2v) is 4.75. The average Bonchev–Trinajstić information content (AvgIpc) is 2.50. The van der Waals surface area contributed by atoms with Crippen molar-refractivity contribution in [2.24, 2.45) is 5.73 Å². The average molecular weight is 308 g/mol. The number of nitrogens with zero attached hydrogens (tertiary/aromatic N) is 2. The van der Waals surface area contributed by atoms with E-state index < -0.39 is 0 Å². The van der Waals surface area contributed by atoms with Gasteiger partial charge in [0.2, 0.25) is 5.95 Å². The molecule has 0 saturated carbocycles. The number of benzene rings is 1. The molecule has 0 amide bonds. The second kappa shape index (κ2) is 7.66. The number of nitrogens with two attached hydrogens (primary N) is 1. The molecule has 0 aliphatic carbocycles. The van der Waals surface area contributed by atoms with Crippen LogP contribution in [-0.2, 0) is 0 Å². The summed E-state index contributed by atoms with van der Waals surface area (Å²) in [5, 5.41) is 6.98. The normalized spacial score (nSPS) is 10.2. The monoisotopic (exact) mass is 307 g/mol. The molecule has 0 spiro atoms. The molecule has 6 nitrogen and oxygen atoms in total. The van der Waals surface area contributed by atoms with Crippen molar-refractivity contribution in [1.82, 2.24) is 9.97 Å². The Labute approximate surface area is 128 Å². The molecule has 0 saturated heterocycles. The Morgan fingerprint density at radius 1 is 1.29 bits per heavy atom. The number of methoxy groups -OCH3 is 1. The molecule has 7 heteroatoms. The third kappa shape index (κ3) is 4.47. The van der Waals surface area contributed by atoms with Crippen LogP contribution in [0.25, 0.3) is 0 Å². The number of nitrogens with one attached hydrogen (secondary N) is 2. The van der Waals surface area contributed by atoms with E-state index >= 15 is 0 Å². The van der Waals surface area contributed by atoms with Gasteiger partial charge in [-0.05, 0) is 37.2 Å².